The Morgan fingerprint density at radius 1 is 0.272 bits per heavy atom. The van der Waals surface area contributed by atoms with E-state index in [0.717, 1.165) is 34.1 Å². The van der Waals surface area contributed by atoms with Crippen molar-refractivity contribution in [3.8, 4) is 78.9 Å². The first-order chi connectivity index (χ1) is 48.8. The van der Waals surface area contributed by atoms with Crippen molar-refractivity contribution in [2.45, 2.75) is 163 Å². The largest absolute Gasteiger partial charge is 0.458 e. The van der Waals surface area contributed by atoms with Gasteiger partial charge in [-0.3, -0.25) is 0 Å². The van der Waals surface area contributed by atoms with Crippen LogP contribution in [0.5, 0.6) is 23.0 Å². The Morgan fingerprint density at radius 3 is 0.990 bits per heavy atom. The van der Waals surface area contributed by atoms with Gasteiger partial charge in [0.05, 0.1) is 16.4 Å². The lowest BCUT2D eigenvalue weighted by molar-refractivity contribution is 0.485. The highest BCUT2D eigenvalue weighted by Gasteiger charge is 2.55. The number of fused-ring (bicyclic) bond motifs is 24. The fourth-order valence-electron chi connectivity index (χ4n) is 19.1. The lowest BCUT2D eigenvalue weighted by atomic mass is 9.34. The molecule has 0 saturated heterocycles. The molecular weight excluding hydrogens is 1250 g/mol. The second-order valence-corrected chi connectivity index (χ2v) is 37.3. The highest BCUT2D eigenvalue weighted by atomic mass is 16.5. The van der Waals surface area contributed by atoms with Crippen molar-refractivity contribution in [2.75, 3.05) is 0 Å². The first-order valence-electron chi connectivity index (χ1n) is 37.6. The molecule has 2 aliphatic carbocycles. The maximum Gasteiger partial charge on any atom is 0.256 e. The number of ether oxygens (including phenoxy) is 2. The predicted octanol–water partition coefficient (Wildman–Crippen LogP) is 21.2. The fourth-order valence-corrected chi connectivity index (χ4v) is 19.1. The zero-order chi connectivity index (χ0) is 71.2. The second kappa shape index (κ2) is 20.2. The zero-order valence-electron chi connectivity index (χ0n) is 63.0. The SMILES string of the molecule is CC(C)(C)c1ccc(-c2cc3c4c(c2)-n2c5ccc(C(C)(C)C)cc5c5cc(C(C)(C)C)cc(c52)B4c2cc4c(cc2O3)C2(c3ccccc3-4)c3ccccc3-c3cc4c(cc32)Oc2cc(-c3ccc(C(C)(C)C)cc3)cc3c2B4c2cc(C(C)(C)C)cc4c5cc(C(C)(C)C)ccc5n-3c24)cc1. The minimum Gasteiger partial charge on any atom is -0.458 e. The van der Waals surface area contributed by atoms with E-state index in [-0.39, 0.29) is 45.9 Å². The van der Waals surface area contributed by atoms with Gasteiger partial charge in [0.15, 0.2) is 0 Å². The van der Waals surface area contributed by atoms with Gasteiger partial charge in [-0.2, -0.15) is 0 Å². The number of hydrogen-bond acceptors (Lipinski definition) is 2. The summed E-state index contributed by atoms with van der Waals surface area (Å²) in [5.41, 5.74) is 36.5. The van der Waals surface area contributed by atoms with Gasteiger partial charge in [0.25, 0.3) is 13.4 Å². The van der Waals surface area contributed by atoms with Crippen LogP contribution in [-0.4, -0.2) is 22.6 Å². The van der Waals surface area contributed by atoms with E-state index in [4.69, 9.17) is 9.47 Å². The molecule has 103 heavy (non-hydrogen) atoms. The Balaban J connectivity index is 0.844. The molecule has 20 rings (SSSR count). The summed E-state index contributed by atoms with van der Waals surface area (Å²) in [4.78, 5) is 0. The molecule has 0 saturated carbocycles. The van der Waals surface area contributed by atoms with Crippen LogP contribution in [0.15, 0.2) is 206 Å². The molecule has 4 aliphatic heterocycles. The van der Waals surface area contributed by atoms with Crippen LogP contribution < -0.4 is 42.3 Å². The molecule has 0 fully saturated rings. The van der Waals surface area contributed by atoms with Crippen molar-refractivity contribution >= 4 is 89.8 Å². The zero-order valence-corrected chi connectivity index (χ0v) is 63.0. The van der Waals surface area contributed by atoms with E-state index < -0.39 is 5.41 Å². The molecule has 12 aromatic carbocycles. The quantitative estimate of drug-likeness (QED) is 0.161. The summed E-state index contributed by atoms with van der Waals surface area (Å²) >= 11 is 0. The van der Waals surface area contributed by atoms with E-state index >= 15 is 0 Å². The molecule has 6 heterocycles. The topological polar surface area (TPSA) is 28.3 Å². The van der Waals surface area contributed by atoms with Crippen molar-refractivity contribution in [3.05, 3.63) is 262 Å². The number of nitrogens with zero attached hydrogens (tertiary/aromatic N) is 2. The van der Waals surface area contributed by atoms with Crippen LogP contribution in [-0.2, 0) is 37.9 Å². The van der Waals surface area contributed by atoms with Crippen LogP contribution in [0.4, 0.5) is 0 Å². The highest BCUT2D eigenvalue weighted by Crippen LogP contribution is 2.64. The van der Waals surface area contributed by atoms with Gasteiger partial charge in [-0.25, -0.2) is 0 Å². The standard InChI is InChI=1S/C97H88B2N2O2/c1-91(2,3)57-31-27-53(28-32-57)55-39-81-87-85(41-55)102-83-51-73-65(49-75(83)98(87)77-47-61(95(13,14)15)45-69-67-43-59(93(7,8)9)35-37-79(67)100(81)89(69)77)63-23-19-21-25-71(63)97(73)72-26-22-20-24-64(72)66-50-76-84(52-74(66)97)103-86-42-56(54-29-33-58(34-30-54)92(4,5)6)40-82-88(86)99(76)78-48-62(96(16,17)18)46-70-68-44-60(94(10,11)12)36-38-80(68)101(82)90(70)78/h19-52H,1-18H3. The summed E-state index contributed by atoms with van der Waals surface area (Å²) in [5, 5.41) is 5.20. The molecule has 0 amide bonds. The van der Waals surface area contributed by atoms with E-state index in [1.165, 1.54) is 177 Å². The molecule has 4 nitrogen and oxygen atoms in total. The molecule has 2 aromatic heterocycles. The third-order valence-electron chi connectivity index (χ3n) is 24.7. The maximum atomic E-state index is 7.87. The number of benzene rings is 12. The van der Waals surface area contributed by atoms with Crippen molar-refractivity contribution < 1.29 is 9.47 Å². The van der Waals surface area contributed by atoms with E-state index in [0.29, 0.717) is 0 Å². The summed E-state index contributed by atoms with van der Waals surface area (Å²) in [5.74, 6) is 3.63. The van der Waals surface area contributed by atoms with Crippen LogP contribution in [0.25, 0.3) is 99.5 Å². The Bertz CT molecular complexity index is 5790. The van der Waals surface area contributed by atoms with Crippen molar-refractivity contribution in [3.63, 3.8) is 0 Å². The Labute approximate surface area is 607 Å². The molecule has 0 bridgehead atoms. The third kappa shape index (κ3) is 8.61. The van der Waals surface area contributed by atoms with Gasteiger partial charge in [0, 0.05) is 44.0 Å². The van der Waals surface area contributed by atoms with Gasteiger partial charge in [0.2, 0.25) is 0 Å². The van der Waals surface area contributed by atoms with Gasteiger partial charge in [-0.1, -0.05) is 258 Å². The van der Waals surface area contributed by atoms with Crippen LogP contribution in [0.1, 0.15) is 180 Å². The summed E-state index contributed by atoms with van der Waals surface area (Å²) in [6, 6.07) is 81.7. The molecule has 0 unspecified atom stereocenters. The molecule has 0 radical (unpaired) electrons. The number of rotatable bonds is 2. The lowest BCUT2D eigenvalue weighted by Crippen LogP contribution is -2.58. The van der Waals surface area contributed by atoms with Gasteiger partial charge in [-0.05, 0) is 238 Å². The Hall–Kier alpha value is -10.0. The normalized spacial score (nSPS) is 14.9. The summed E-state index contributed by atoms with van der Waals surface area (Å²) < 4.78 is 20.9. The number of hydrogen-bond donors (Lipinski definition) is 0. The van der Waals surface area contributed by atoms with Gasteiger partial charge < -0.3 is 18.6 Å². The molecule has 6 heteroatoms. The third-order valence-corrected chi connectivity index (χ3v) is 24.7. The second-order valence-electron chi connectivity index (χ2n) is 37.3. The molecular formula is C97H88B2N2O2. The predicted molar refractivity (Wildman–Crippen MR) is 437 cm³/mol. The lowest BCUT2D eigenvalue weighted by Gasteiger charge is -2.37. The first-order valence-corrected chi connectivity index (χ1v) is 37.6. The van der Waals surface area contributed by atoms with E-state index in [2.05, 4.69) is 340 Å². The van der Waals surface area contributed by atoms with Crippen molar-refractivity contribution in [2.24, 2.45) is 0 Å². The molecule has 14 aromatic rings. The molecule has 504 valence electrons. The first kappa shape index (κ1) is 62.7. The van der Waals surface area contributed by atoms with E-state index in [9.17, 15) is 0 Å². The molecule has 0 atom stereocenters. The minimum absolute atomic E-state index is 0.0165. The van der Waals surface area contributed by atoms with Gasteiger partial charge in [-0.15, -0.1) is 0 Å². The van der Waals surface area contributed by atoms with Crippen LogP contribution in [0.3, 0.4) is 0 Å². The van der Waals surface area contributed by atoms with Crippen LogP contribution in [0.2, 0.25) is 0 Å². The summed E-state index contributed by atoms with van der Waals surface area (Å²) in [6.07, 6.45) is 0. The van der Waals surface area contributed by atoms with Crippen LogP contribution >= 0.6 is 0 Å². The smallest absolute Gasteiger partial charge is 0.256 e. The average molecular weight is 1340 g/mol. The summed E-state index contributed by atoms with van der Waals surface area (Å²) in [7, 11) is 0. The summed E-state index contributed by atoms with van der Waals surface area (Å²) in [6.45, 7) is 41.8. The minimum atomic E-state index is -0.731. The molecule has 1 spiro atoms. The Kier molecular flexibility index (Phi) is 12.3. The van der Waals surface area contributed by atoms with Crippen molar-refractivity contribution in [1.29, 1.82) is 0 Å². The maximum absolute atomic E-state index is 7.87. The fraction of sp³-hybridized carbons (Fsp3) is 0.258. The highest BCUT2D eigenvalue weighted by molar-refractivity contribution is 7.00. The van der Waals surface area contributed by atoms with Crippen molar-refractivity contribution in [1.82, 2.24) is 9.13 Å². The van der Waals surface area contributed by atoms with E-state index in [1.807, 2.05) is 0 Å². The Morgan fingerprint density at radius 2 is 0.621 bits per heavy atom. The molecule has 0 N–H and O–H groups in total. The van der Waals surface area contributed by atoms with E-state index in [1.54, 1.807) is 0 Å². The monoisotopic (exact) mass is 1330 g/mol. The number of aromatic nitrogens is 2. The van der Waals surface area contributed by atoms with Gasteiger partial charge in [0.1, 0.15) is 23.0 Å². The molecule has 6 aliphatic rings. The van der Waals surface area contributed by atoms with Gasteiger partial charge >= 0.3 is 0 Å². The average Bonchev–Trinajstić information content (AvgIpc) is 1.51. The van der Waals surface area contributed by atoms with Crippen LogP contribution in [0, 0.1) is 0 Å².